The second-order valence-electron chi connectivity index (χ2n) is 7.64. The first-order valence-corrected chi connectivity index (χ1v) is 10.9. The summed E-state index contributed by atoms with van der Waals surface area (Å²) in [6.45, 7) is 2.23. The molecule has 5 heteroatoms. The van der Waals surface area contributed by atoms with E-state index >= 15 is 0 Å². The average molecular weight is 424 g/mol. The number of nitrogens with zero attached hydrogens (tertiary/aromatic N) is 1. The van der Waals surface area contributed by atoms with E-state index in [2.05, 4.69) is 19.1 Å². The Kier molecular flexibility index (Phi) is 7.99. The zero-order valence-electron chi connectivity index (χ0n) is 19.2. The van der Waals surface area contributed by atoms with Crippen LogP contribution in [-0.2, 0) is 0 Å². The van der Waals surface area contributed by atoms with E-state index in [0.29, 0.717) is 5.75 Å². The summed E-state index contributed by atoms with van der Waals surface area (Å²) in [6, 6.07) is 12.2. The molecule has 1 aromatic heterocycles. The minimum absolute atomic E-state index is 0.137. The van der Waals surface area contributed by atoms with Crippen molar-refractivity contribution in [3.05, 3.63) is 53.9 Å². The molecule has 166 valence electrons. The van der Waals surface area contributed by atoms with Gasteiger partial charge in [0.15, 0.2) is 23.0 Å². The highest BCUT2D eigenvalue weighted by Crippen LogP contribution is 2.40. The van der Waals surface area contributed by atoms with Gasteiger partial charge in [-0.2, -0.15) is 0 Å². The van der Waals surface area contributed by atoms with Crippen molar-refractivity contribution in [3.8, 4) is 23.0 Å². The maximum atomic E-state index is 5.58. The number of methoxy groups -OCH3 is 4. The molecule has 0 radical (unpaired) electrons. The summed E-state index contributed by atoms with van der Waals surface area (Å²) < 4.78 is 22.1. The van der Waals surface area contributed by atoms with E-state index in [1.165, 1.54) is 24.8 Å². The standard InChI is InChI=1S/C26H33NO4/c1-6-7-8-9-10-20(18-11-12-22(28-2)23(15-18)29-3)26-21-17-25(31-5)24(30-4)16-19(21)13-14-27-26/h11-17,20H,6-10H2,1-5H3. The highest BCUT2D eigenvalue weighted by atomic mass is 16.5. The molecule has 2 aromatic carbocycles. The number of fused-ring (bicyclic) bond motifs is 1. The lowest BCUT2D eigenvalue weighted by atomic mass is 9.87. The van der Waals surface area contributed by atoms with E-state index in [1.807, 2.05) is 30.5 Å². The van der Waals surface area contributed by atoms with Gasteiger partial charge in [0.2, 0.25) is 0 Å². The van der Waals surface area contributed by atoms with Gasteiger partial charge in [-0.3, -0.25) is 4.98 Å². The van der Waals surface area contributed by atoms with E-state index in [0.717, 1.165) is 46.6 Å². The summed E-state index contributed by atoms with van der Waals surface area (Å²) in [5.74, 6) is 3.03. The smallest absolute Gasteiger partial charge is 0.161 e. The van der Waals surface area contributed by atoms with Crippen LogP contribution in [-0.4, -0.2) is 33.4 Å². The van der Waals surface area contributed by atoms with Gasteiger partial charge in [0, 0.05) is 17.5 Å². The molecule has 0 spiro atoms. The average Bonchev–Trinajstić information content (AvgIpc) is 2.82. The Morgan fingerprint density at radius 2 is 1.42 bits per heavy atom. The van der Waals surface area contributed by atoms with Crippen LogP contribution < -0.4 is 18.9 Å². The molecule has 0 N–H and O–H groups in total. The Hall–Kier alpha value is -2.95. The van der Waals surface area contributed by atoms with Crippen LogP contribution in [0.5, 0.6) is 23.0 Å². The van der Waals surface area contributed by atoms with Crippen molar-refractivity contribution in [1.82, 2.24) is 4.98 Å². The number of rotatable bonds is 11. The molecule has 0 saturated carbocycles. The SMILES string of the molecule is CCCCCCC(c1ccc(OC)c(OC)c1)c1nccc2cc(OC)c(OC)cc12. The van der Waals surface area contributed by atoms with Crippen molar-refractivity contribution in [2.24, 2.45) is 0 Å². The lowest BCUT2D eigenvalue weighted by Crippen LogP contribution is -2.06. The Morgan fingerprint density at radius 3 is 2.10 bits per heavy atom. The maximum absolute atomic E-state index is 5.58. The van der Waals surface area contributed by atoms with E-state index in [4.69, 9.17) is 23.9 Å². The lowest BCUT2D eigenvalue weighted by Gasteiger charge is -2.21. The van der Waals surface area contributed by atoms with Gasteiger partial charge >= 0.3 is 0 Å². The summed E-state index contributed by atoms with van der Waals surface area (Å²) >= 11 is 0. The van der Waals surface area contributed by atoms with E-state index in [-0.39, 0.29) is 5.92 Å². The first-order valence-electron chi connectivity index (χ1n) is 10.9. The van der Waals surface area contributed by atoms with Crippen LogP contribution in [0.15, 0.2) is 42.6 Å². The van der Waals surface area contributed by atoms with Gasteiger partial charge in [-0.1, -0.05) is 38.7 Å². The highest BCUT2D eigenvalue weighted by molar-refractivity contribution is 5.88. The van der Waals surface area contributed by atoms with Gasteiger partial charge in [0.05, 0.1) is 34.1 Å². The van der Waals surface area contributed by atoms with Crippen LogP contribution in [0.2, 0.25) is 0 Å². The second-order valence-corrected chi connectivity index (χ2v) is 7.64. The summed E-state index contributed by atoms with van der Waals surface area (Å²) in [6.07, 6.45) is 7.69. The molecule has 0 amide bonds. The van der Waals surface area contributed by atoms with Crippen molar-refractivity contribution in [2.75, 3.05) is 28.4 Å². The highest BCUT2D eigenvalue weighted by Gasteiger charge is 2.21. The van der Waals surface area contributed by atoms with Gasteiger partial charge in [-0.15, -0.1) is 0 Å². The molecule has 1 heterocycles. The molecule has 1 atom stereocenters. The van der Waals surface area contributed by atoms with Crippen molar-refractivity contribution >= 4 is 10.8 Å². The fourth-order valence-corrected chi connectivity index (χ4v) is 4.11. The molecule has 0 fully saturated rings. The number of aromatic nitrogens is 1. The van der Waals surface area contributed by atoms with Crippen LogP contribution in [0, 0.1) is 0 Å². The molecular weight excluding hydrogens is 390 g/mol. The van der Waals surface area contributed by atoms with Gasteiger partial charge in [-0.05, 0) is 47.7 Å². The van der Waals surface area contributed by atoms with E-state index in [1.54, 1.807) is 28.4 Å². The van der Waals surface area contributed by atoms with Gasteiger partial charge < -0.3 is 18.9 Å². The summed E-state index contributed by atoms with van der Waals surface area (Å²) in [5, 5.41) is 2.16. The minimum Gasteiger partial charge on any atom is -0.493 e. The maximum Gasteiger partial charge on any atom is 0.161 e. The predicted octanol–water partition coefficient (Wildman–Crippen LogP) is 6.37. The Labute approximate surface area is 185 Å². The zero-order valence-corrected chi connectivity index (χ0v) is 19.2. The second kappa shape index (κ2) is 10.9. The zero-order chi connectivity index (χ0) is 22.2. The number of hydrogen-bond acceptors (Lipinski definition) is 5. The third-order valence-corrected chi connectivity index (χ3v) is 5.79. The molecule has 0 aliphatic heterocycles. The molecule has 5 nitrogen and oxygen atoms in total. The Bertz CT molecular complexity index is 1000. The number of benzene rings is 2. The Balaban J connectivity index is 2.12. The molecule has 0 aliphatic carbocycles. The molecule has 0 saturated heterocycles. The molecule has 0 bridgehead atoms. The number of hydrogen-bond donors (Lipinski definition) is 0. The first-order chi connectivity index (χ1) is 15.2. The molecule has 1 unspecified atom stereocenters. The molecule has 3 aromatic rings. The largest absolute Gasteiger partial charge is 0.493 e. The summed E-state index contributed by atoms with van der Waals surface area (Å²) in [5.41, 5.74) is 2.21. The molecule has 3 rings (SSSR count). The molecule has 31 heavy (non-hydrogen) atoms. The third kappa shape index (κ3) is 5.04. The van der Waals surface area contributed by atoms with Crippen molar-refractivity contribution in [1.29, 1.82) is 0 Å². The third-order valence-electron chi connectivity index (χ3n) is 5.79. The van der Waals surface area contributed by atoms with Crippen LogP contribution in [0.25, 0.3) is 10.8 Å². The number of pyridine rings is 1. The van der Waals surface area contributed by atoms with Crippen LogP contribution in [0.3, 0.4) is 0 Å². The van der Waals surface area contributed by atoms with E-state index in [9.17, 15) is 0 Å². The first kappa shape index (κ1) is 22.7. The number of ether oxygens (including phenoxy) is 4. The fourth-order valence-electron chi connectivity index (χ4n) is 4.11. The summed E-state index contributed by atoms with van der Waals surface area (Å²) in [7, 11) is 6.65. The summed E-state index contributed by atoms with van der Waals surface area (Å²) in [4.78, 5) is 4.84. The molecular formula is C26H33NO4. The normalized spacial score (nSPS) is 11.9. The van der Waals surface area contributed by atoms with Gasteiger partial charge in [0.25, 0.3) is 0 Å². The minimum atomic E-state index is 0.137. The lowest BCUT2D eigenvalue weighted by molar-refractivity contribution is 0.354. The van der Waals surface area contributed by atoms with Gasteiger partial charge in [0.1, 0.15) is 0 Å². The van der Waals surface area contributed by atoms with Crippen molar-refractivity contribution in [3.63, 3.8) is 0 Å². The van der Waals surface area contributed by atoms with Crippen molar-refractivity contribution in [2.45, 2.75) is 44.9 Å². The number of unbranched alkanes of at least 4 members (excludes halogenated alkanes) is 3. The predicted molar refractivity (Wildman–Crippen MR) is 125 cm³/mol. The molecule has 0 aliphatic rings. The van der Waals surface area contributed by atoms with Crippen LogP contribution in [0.4, 0.5) is 0 Å². The van der Waals surface area contributed by atoms with E-state index < -0.39 is 0 Å². The van der Waals surface area contributed by atoms with Crippen LogP contribution in [0.1, 0.15) is 56.2 Å². The van der Waals surface area contributed by atoms with Gasteiger partial charge in [-0.25, -0.2) is 0 Å². The Morgan fingerprint density at radius 1 is 0.742 bits per heavy atom. The quantitative estimate of drug-likeness (QED) is 0.335. The monoisotopic (exact) mass is 423 g/mol. The topological polar surface area (TPSA) is 49.8 Å². The van der Waals surface area contributed by atoms with Crippen molar-refractivity contribution < 1.29 is 18.9 Å². The fraction of sp³-hybridized carbons (Fsp3) is 0.423. The van der Waals surface area contributed by atoms with Crippen LogP contribution >= 0.6 is 0 Å².